The Morgan fingerprint density at radius 2 is 2.47 bits per heavy atom. The van der Waals surface area contributed by atoms with Crippen LogP contribution < -0.4 is 10.6 Å². The maximum Gasteiger partial charge on any atom is 0.227 e. The van der Waals surface area contributed by atoms with Crippen LogP contribution in [0.2, 0.25) is 0 Å². The molecule has 19 heavy (non-hydrogen) atoms. The monoisotopic (exact) mass is 303 g/mol. The Balaban J connectivity index is 0.00000180. The number of halogens is 1. The number of aromatic nitrogens is 1. The fraction of sp³-hybridized carbons (Fsp3) is 0.692. The summed E-state index contributed by atoms with van der Waals surface area (Å²) in [7, 11) is 0. The molecule has 2 N–H and O–H groups in total. The summed E-state index contributed by atoms with van der Waals surface area (Å²) in [6.07, 6.45) is 3.86. The number of thiazole rings is 1. The van der Waals surface area contributed by atoms with Crippen LogP contribution in [0.25, 0.3) is 0 Å². The molecule has 1 aromatic rings. The largest absolute Gasteiger partial charge is 0.355 e. The average Bonchev–Trinajstić information content (AvgIpc) is 2.90. The number of hydrogen-bond acceptors (Lipinski definition) is 4. The lowest BCUT2D eigenvalue weighted by Crippen LogP contribution is -2.49. The molecule has 0 aromatic carbocycles. The number of amides is 1. The molecule has 0 radical (unpaired) electrons. The van der Waals surface area contributed by atoms with E-state index in [-0.39, 0.29) is 29.6 Å². The van der Waals surface area contributed by atoms with Gasteiger partial charge < -0.3 is 10.6 Å². The standard InChI is InChI=1S/C13H21N3OS.ClH/c1-10(11-15-6-7-18-11)8-16-12(17)13(2)4-3-5-14-9-13;/h6-7,10,14H,3-5,8-9H2,1-2H3,(H,16,17);1H. The third kappa shape index (κ3) is 4.16. The number of nitrogens with one attached hydrogen (secondary N) is 2. The number of hydrogen-bond donors (Lipinski definition) is 2. The van der Waals surface area contributed by atoms with E-state index >= 15 is 0 Å². The zero-order valence-electron chi connectivity index (χ0n) is 11.4. The molecule has 2 heterocycles. The van der Waals surface area contributed by atoms with Gasteiger partial charge in [-0.25, -0.2) is 4.98 Å². The van der Waals surface area contributed by atoms with E-state index in [1.807, 2.05) is 18.5 Å². The average molecular weight is 304 g/mol. The van der Waals surface area contributed by atoms with Gasteiger partial charge in [-0.1, -0.05) is 6.92 Å². The van der Waals surface area contributed by atoms with Crippen LogP contribution in [0.3, 0.4) is 0 Å². The van der Waals surface area contributed by atoms with E-state index in [0.29, 0.717) is 6.54 Å². The van der Waals surface area contributed by atoms with Gasteiger partial charge in [-0.05, 0) is 26.3 Å². The lowest BCUT2D eigenvalue weighted by molar-refractivity contribution is -0.131. The SMILES string of the molecule is CC(CNC(=O)C1(C)CCCNC1)c1nccs1.Cl. The minimum absolute atomic E-state index is 0. The van der Waals surface area contributed by atoms with Gasteiger partial charge in [0, 0.05) is 30.6 Å². The third-order valence-electron chi connectivity index (χ3n) is 3.59. The third-order valence-corrected chi connectivity index (χ3v) is 4.59. The van der Waals surface area contributed by atoms with Gasteiger partial charge >= 0.3 is 0 Å². The molecule has 0 saturated carbocycles. The van der Waals surface area contributed by atoms with E-state index in [0.717, 1.165) is 30.9 Å². The molecule has 108 valence electrons. The molecule has 2 unspecified atom stereocenters. The number of nitrogens with zero attached hydrogens (tertiary/aromatic N) is 1. The van der Waals surface area contributed by atoms with Crippen molar-refractivity contribution in [1.82, 2.24) is 15.6 Å². The molecule has 1 fully saturated rings. The first-order valence-electron chi connectivity index (χ1n) is 6.50. The van der Waals surface area contributed by atoms with Crippen molar-refractivity contribution in [2.24, 2.45) is 5.41 Å². The molecule has 1 aromatic heterocycles. The summed E-state index contributed by atoms with van der Waals surface area (Å²) >= 11 is 1.64. The molecular formula is C13H22ClN3OS. The summed E-state index contributed by atoms with van der Waals surface area (Å²) in [4.78, 5) is 16.5. The molecule has 1 saturated heterocycles. The van der Waals surface area contributed by atoms with Gasteiger partial charge in [-0.3, -0.25) is 4.79 Å². The van der Waals surface area contributed by atoms with E-state index in [1.165, 1.54) is 0 Å². The summed E-state index contributed by atoms with van der Waals surface area (Å²) in [5, 5.41) is 9.43. The van der Waals surface area contributed by atoms with Crippen molar-refractivity contribution < 1.29 is 4.79 Å². The minimum Gasteiger partial charge on any atom is -0.355 e. The second-order valence-electron chi connectivity index (χ2n) is 5.32. The topological polar surface area (TPSA) is 54.0 Å². The molecule has 6 heteroatoms. The Morgan fingerprint density at radius 1 is 1.68 bits per heavy atom. The van der Waals surface area contributed by atoms with Crippen LogP contribution >= 0.6 is 23.7 Å². The fourth-order valence-corrected chi connectivity index (χ4v) is 2.97. The highest BCUT2D eigenvalue weighted by Gasteiger charge is 2.34. The zero-order chi connectivity index (χ0) is 13.0. The first kappa shape index (κ1) is 16.4. The fourth-order valence-electron chi connectivity index (χ4n) is 2.27. The van der Waals surface area contributed by atoms with Crippen molar-refractivity contribution in [2.45, 2.75) is 32.6 Å². The highest BCUT2D eigenvalue weighted by atomic mass is 35.5. The Labute approximate surface area is 124 Å². The Bertz CT molecular complexity index is 391. The molecule has 1 aliphatic heterocycles. The van der Waals surface area contributed by atoms with Gasteiger partial charge in [0.2, 0.25) is 5.91 Å². The van der Waals surface area contributed by atoms with Crippen LogP contribution in [-0.4, -0.2) is 30.5 Å². The predicted octanol–water partition coefficient (Wildman–Crippen LogP) is 2.17. The molecule has 0 aliphatic carbocycles. The number of carbonyl (C=O) groups excluding carboxylic acids is 1. The smallest absolute Gasteiger partial charge is 0.227 e. The quantitative estimate of drug-likeness (QED) is 0.896. The van der Waals surface area contributed by atoms with Crippen molar-refractivity contribution in [2.75, 3.05) is 19.6 Å². The predicted molar refractivity (Wildman–Crippen MR) is 81.0 cm³/mol. The minimum atomic E-state index is -0.249. The molecule has 1 aliphatic rings. The maximum atomic E-state index is 12.2. The summed E-state index contributed by atoms with van der Waals surface area (Å²) in [5.41, 5.74) is -0.249. The Kier molecular flexibility index (Phi) is 6.23. The summed E-state index contributed by atoms with van der Waals surface area (Å²) < 4.78 is 0. The molecular weight excluding hydrogens is 282 g/mol. The summed E-state index contributed by atoms with van der Waals surface area (Å²) in [6.45, 7) is 6.62. The second-order valence-corrected chi connectivity index (χ2v) is 6.25. The van der Waals surface area contributed by atoms with Crippen LogP contribution in [0.5, 0.6) is 0 Å². The highest BCUT2D eigenvalue weighted by molar-refractivity contribution is 7.09. The van der Waals surface area contributed by atoms with Crippen LogP contribution in [0.1, 0.15) is 37.6 Å². The van der Waals surface area contributed by atoms with Gasteiger partial charge in [-0.15, -0.1) is 23.7 Å². The molecule has 4 nitrogen and oxygen atoms in total. The maximum absolute atomic E-state index is 12.2. The van der Waals surface area contributed by atoms with E-state index in [2.05, 4.69) is 22.5 Å². The van der Waals surface area contributed by atoms with E-state index < -0.39 is 0 Å². The highest BCUT2D eigenvalue weighted by Crippen LogP contribution is 2.26. The van der Waals surface area contributed by atoms with E-state index in [9.17, 15) is 4.79 Å². The van der Waals surface area contributed by atoms with Crippen molar-refractivity contribution in [3.63, 3.8) is 0 Å². The van der Waals surface area contributed by atoms with Crippen LogP contribution in [0.4, 0.5) is 0 Å². The van der Waals surface area contributed by atoms with Gasteiger partial charge in [0.25, 0.3) is 0 Å². The van der Waals surface area contributed by atoms with Crippen molar-refractivity contribution in [3.8, 4) is 0 Å². The summed E-state index contributed by atoms with van der Waals surface area (Å²) in [6, 6.07) is 0. The lowest BCUT2D eigenvalue weighted by atomic mass is 9.82. The van der Waals surface area contributed by atoms with Gasteiger partial charge in [0.1, 0.15) is 0 Å². The first-order chi connectivity index (χ1) is 8.62. The van der Waals surface area contributed by atoms with Crippen molar-refractivity contribution in [1.29, 1.82) is 0 Å². The van der Waals surface area contributed by atoms with Crippen LogP contribution in [0, 0.1) is 5.41 Å². The molecule has 1 amide bonds. The number of carbonyl (C=O) groups is 1. The van der Waals surface area contributed by atoms with Crippen molar-refractivity contribution >= 4 is 29.7 Å². The van der Waals surface area contributed by atoms with Crippen molar-refractivity contribution in [3.05, 3.63) is 16.6 Å². The van der Waals surface area contributed by atoms with Gasteiger partial charge in [0.15, 0.2) is 0 Å². The van der Waals surface area contributed by atoms with E-state index in [1.54, 1.807) is 11.3 Å². The number of rotatable bonds is 4. The lowest BCUT2D eigenvalue weighted by Gasteiger charge is -2.32. The molecule has 0 spiro atoms. The van der Waals surface area contributed by atoms with Crippen LogP contribution in [0.15, 0.2) is 11.6 Å². The Morgan fingerprint density at radius 3 is 3.05 bits per heavy atom. The Hall–Kier alpha value is -0.650. The molecule has 2 atom stereocenters. The van der Waals surface area contributed by atoms with Crippen LogP contribution in [-0.2, 0) is 4.79 Å². The van der Waals surface area contributed by atoms with Gasteiger partial charge in [-0.2, -0.15) is 0 Å². The first-order valence-corrected chi connectivity index (χ1v) is 7.38. The molecule has 2 rings (SSSR count). The normalized spacial score (nSPS) is 24.3. The second kappa shape index (κ2) is 7.22. The number of piperidine rings is 1. The van der Waals surface area contributed by atoms with Gasteiger partial charge in [0.05, 0.1) is 10.4 Å². The van der Waals surface area contributed by atoms with E-state index in [4.69, 9.17) is 0 Å². The zero-order valence-corrected chi connectivity index (χ0v) is 13.1. The molecule has 0 bridgehead atoms. The summed E-state index contributed by atoms with van der Waals surface area (Å²) in [5.74, 6) is 0.451.